The highest BCUT2D eigenvalue weighted by atomic mass is 35.5. The fourth-order valence-electron chi connectivity index (χ4n) is 2.19. The third-order valence-corrected chi connectivity index (χ3v) is 3.51. The summed E-state index contributed by atoms with van der Waals surface area (Å²) < 4.78 is 13.4. The van der Waals surface area contributed by atoms with Crippen molar-refractivity contribution in [1.82, 2.24) is 5.43 Å². The van der Waals surface area contributed by atoms with E-state index in [0.29, 0.717) is 5.02 Å². The molecular weight excluding hydrogens is 263 g/mol. The molecule has 2 aromatic carbocycles. The maximum atomic E-state index is 13.4. The van der Waals surface area contributed by atoms with Gasteiger partial charge in [0, 0.05) is 5.02 Å². The van der Waals surface area contributed by atoms with E-state index in [9.17, 15) is 4.39 Å². The molecule has 2 rings (SSSR count). The zero-order valence-electron chi connectivity index (χ0n) is 10.9. The number of hydrazine groups is 1. The Bertz CT molecular complexity index is 547. The van der Waals surface area contributed by atoms with Gasteiger partial charge in [-0.15, -0.1) is 0 Å². The van der Waals surface area contributed by atoms with Crippen LogP contribution in [0.3, 0.4) is 0 Å². The van der Waals surface area contributed by atoms with E-state index in [2.05, 4.69) is 5.43 Å². The van der Waals surface area contributed by atoms with Crippen molar-refractivity contribution in [3.05, 3.63) is 69.5 Å². The molecule has 0 heterocycles. The van der Waals surface area contributed by atoms with Gasteiger partial charge in [-0.1, -0.05) is 23.7 Å². The summed E-state index contributed by atoms with van der Waals surface area (Å²) in [5.74, 6) is 5.38. The third kappa shape index (κ3) is 2.95. The minimum atomic E-state index is -0.283. The van der Waals surface area contributed by atoms with Gasteiger partial charge in [0.2, 0.25) is 0 Å². The summed E-state index contributed by atoms with van der Waals surface area (Å²) >= 11 is 6.03. The minimum Gasteiger partial charge on any atom is -0.271 e. The quantitative estimate of drug-likeness (QED) is 0.664. The number of hydrogen-bond donors (Lipinski definition) is 2. The van der Waals surface area contributed by atoms with Crippen molar-refractivity contribution < 1.29 is 4.39 Å². The van der Waals surface area contributed by atoms with Crippen LogP contribution in [0.25, 0.3) is 0 Å². The summed E-state index contributed by atoms with van der Waals surface area (Å²) in [5.41, 5.74) is 6.53. The SMILES string of the molecule is Cc1ccc(F)cc1C(NN)c1cc(Cl)ccc1C. The molecule has 0 aliphatic heterocycles. The molecule has 0 bridgehead atoms. The van der Waals surface area contributed by atoms with Crippen molar-refractivity contribution in [1.29, 1.82) is 0 Å². The van der Waals surface area contributed by atoms with Gasteiger partial charge in [-0.3, -0.25) is 5.84 Å². The number of benzene rings is 2. The average molecular weight is 279 g/mol. The first-order valence-electron chi connectivity index (χ1n) is 6.01. The van der Waals surface area contributed by atoms with E-state index in [4.69, 9.17) is 17.4 Å². The maximum Gasteiger partial charge on any atom is 0.123 e. The molecule has 2 aromatic rings. The summed E-state index contributed by atoms with van der Waals surface area (Å²) in [4.78, 5) is 0. The zero-order valence-corrected chi connectivity index (χ0v) is 11.6. The molecule has 2 nitrogen and oxygen atoms in total. The van der Waals surface area contributed by atoms with Gasteiger partial charge in [0.15, 0.2) is 0 Å². The van der Waals surface area contributed by atoms with Crippen molar-refractivity contribution in [2.45, 2.75) is 19.9 Å². The predicted molar refractivity (Wildman–Crippen MR) is 76.5 cm³/mol. The molecule has 1 atom stereocenters. The van der Waals surface area contributed by atoms with Crippen molar-refractivity contribution >= 4 is 11.6 Å². The van der Waals surface area contributed by atoms with Gasteiger partial charge in [-0.05, 0) is 60.4 Å². The number of halogens is 2. The lowest BCUT2D eigenvalue weighted by atomic mass is 9.92. The van der Waals surface area contributed by atoms with E-state index in [1.54, 1.807) is 6.07 Å². The number of rotatable bonds is 3. The van der Waals surface area contributed by atoms with E-state index in [-0.39, 0.29) is 11.9 Å². The Morgan fingerprint density at radius 2 is 1.63 bits per heavy atom. The topological polar surface area (TPSA) is 38.0 Å². The van der Waals surface area contributed by atoms with Gasteiger partial charge in [-0.2, -0.15) is 0 Å². The molecule has 0 saturated carbocycles. The van der Waals surface area contributed by atoms with Crippen LogP contribution in [0.4, 0.5) is 4.39 Å². The van der Waals surface area contributed by atoms with Gasteiger partial charge in [0.1, 0.15) is 5.82 Å². The van der Waals surface area contributed by atoms with Crippen molar-refractivity contribution in [3.63, 3.8) is 0 Å². The van der Waals surface area contributed by atoms with Crippen molar-refractivity contribution in [2.75, 3.05) is 0 Å². The number of hydrogen-bond acceptors (Lipinski definition) is 2. The second-order valence-corrected chi connectivity index (χ2v) is 5.04. The largest absolute Gasteiger partial charge is 0.271 e. The molecule has 0 aromatic heterocycles. The summed E-state index contributed by atoms with van der Waals surface area (Å²) in [5, 5.41) is 0.634. The average Bonchev–Trinajstić information content (AvgIpc) is 2.38. The summed E-state index contributed by atoms with van der Waals surface area (Å²) in [6, 6.07) is 10.0. The molecule has 19 heavy (non-hydrogen) atoms. The molecule has 0 amide bonds. The van der Waals surface area contributed by atoms with Crippen LogP contribution in [0.5, 0.6) is 0 Å². The Balaban J connectivity index is 2.55. The van der Waals surface area contributed by atoms with Crippen LogP contribution in [0.15, 0.2) is 36.4 Å². The first-order valence-corrected chi connectivity index (χ1v) is 6.39. The summed E-state index contributed by atoms with van der Waals surface area (Å²) in [6.45, 7) is 3.91. The highest BCUT2D eigenvalue weighted by Crippen LogP contribution is 2.29. The molecular formula is C15H16ClFN2. The predicted octanol–water partition coefficient (Wildman–Crippen LogP) is 3.65. The minimum absolute atomic E-state index is 0.277. The van der Waals surface area contributed by atoms with E-state index in [1.807, 2.05) is 32.0 Å². The standard InChI is InChI=1S/C15H16ClFN2/c1-9-3-5-11(16)7-13(9)15(19-18)14-8-12(17)6-4-10(14)2/h3-8,15,19H,18H2,1-2H3. The van der Waals surface area contributed by atoms with Gasteiger partial charge >= 0.3 is 0 Å². The highest BCUT2D eigenvalue weighted by molar-refractivity contribution is 6.30. The van der Waals surface area contributed by atoms with Gasteiger partial charge < -0.3 is 0 Å². The third-order valence-electron chi connectivity index (χ3n) is 3.27. The van der Waals surface area contributed by atoms with Crippen LogP contribution in [0.1, 0.15) is 28.3 Å². The Hall–Kier alpha value is -1.42. The monoisotopic (exact) mass is 278 g/mol. The molecule has 0 aliphatic carbocycles. The second-order valence-electron chi connectivity index (χ2n) is 4.60. The molecule has 4 heteroatoms. The van der Waals surface area contributed by atoms with E-state index in [0.717, 1.165) is 22.3 Å². The lowest BCUT2D eigenvalue weighted by molar-refractivity contribution is 0.601. The van der Waals surface area contributed by atoms with Gasteiger partial charge in [0.25, 0.3) is 0 Å². The molecule has 0 fully saturated rings. The molecule has 100 valence electrons. The van der Waals surface area contributed by atoms with Crippen LogP contribution in [0.2, 0.25) is 5.02 Å². The van der Waals surface area contributed by atoms with Gasteiger partial charge in [0.05, 0.1) is 6.04 Å². The molecule has 3 N–H and O–H groups in total. The van der Waals surface area contributed by atoms with E-state index in [1.165, 1.54) is 12.1 Å². The van der Waals surface area contributed by atoms with Crippen LogP contribution in [0, 0.1) is 19.7 Å². The first kappa shape index (κ1) is 14.0. The summed E-state index contributed by atoms with van der Waals surface area (Å²) in [7, 11) is 0. The molecule has 0 radical (unpaired) electrons. The van der Waals surface area contributed by atoms with Crippen LogP contribution in [-0.4, -0.2) is 0 Å². The lowest BCUT2D eigenvalue weighted by Crippen LogP contribution is -2.30. The van der Waals surface area contributed by atoms with Crippen LogP contribution < -0.4 is 11.3 Å². The van der Waals surface area contributed by atoms with Gasteiger partial charge in [-0.25, -0.2) is 9.82 Å². The second kappa shape index (κ2) is 5.70. The number of nitrogens with one attached hydrogen (secondary N) is 1. The maximum absolute atomic E-state index is 13.4. The Morgan fingerprint density at radius 1 is 1.05 bits per heavy atom. The smallest absolute Gasteiger partial charge is 0.123 e. The van der Waals surface area contributed by atoms with Crippen molar-refractivity contribution in [2.24, 2.45) is 5.84 Å². The highest BCUT2D eigenvalue weighted by Gasteiger charge is 2.17. The molecule has 0 saturated heterocycles. The first-order chi connectivity index (χ1) is 9.02. The fraction of sp³-hybridized carbons (Fsp3) is 0.200. The van der Waals surface area contributed by atoms with Crippen LogP contribution >= 0.6 is 11.6 Å². The summed E-state index contributed by atoms with van der Waals surface area (Å²) in [6.07, 6.45) is 0. The van der Waals surface area contributed by atoms with E-state index >= 15 is 0 Å². The fourth-order valence-corrected chi connectivity index (χ4v) is 2.37. The van der Waals surface area contributed by atoms with E-state index < -0.39 is 0 Å². The Kier molecular flexibility index (Phi) is 4.20. The number of aryl methyl sites for hydroxylation is 2. The lowest BCUT2D eigenvalue weighted by Gasteiger charge is -2.21. The normalized spacial score (nSPS) is 12.5. The zero-order chi connectivity index (χ0) is 14.0. The molecule has 0 spiro atoms. The van der Waals surface area contributed by atoms with Crippen LogP contribution in [-0.2, 0) is 0 Å². The molecule has 0 aliphatic rings. The Labute approximate surface area is 117 Å². The van der Waals surface area contributed by atoms with Crippen molar-refractivity contribution in [3.8, 4) is 0 Å². The molecule has 1 unspecified atom stereocenters. The number of nitrogens with two attached hydrogens (primary N) is 1. The Morgan fingerprint density at radius 3 is 2.26 bits per heavy atom.